The van der Waals surface area contributed by atoms with Gasteiger partial charge >= 0.3 is 7.12 Å². The molecule has 2 aromatic rings. The van der Waals surface area contributed by atoms with Crippen LogP contribution < -0.4 is 14.9 Å². The average molecular weight is 380 g/mol. The molecule has 3 heterocycles. The van der Waals surface area contributed by atoms with Crippen LogP contribution in [0.5, 0.6) is 5.88 Å². The lowest BCUT2D eigenvalue weighted by Crippen LogP contribution is -2.41. The van der Waals surface area contributed by atoms with Crippen molar-refractivity contribution in [1.29, 1.82) is 0 Å². The molecule has 0 aliphatic carbocycles. The molecule has 0 atom stereocenters. The molecule has 0 spiro atoms. The number of nitrogens with zero attached hydrogens (tertiary/aromatic N) is 1. The summed E-state index contributed by atoms with van der Waals surface area (Å²) in [5, 5.41) is 0. The van der Waals surface area contributed by atoms with Crippen LogP contribution in [0.1, 0.15) is 27.7 Å². The lowest BCUT2D eigenvalue weighted by molar-refractivity contribution is 0.00578. The highest BCUT2D eigenvalue weighted by Gasteiger charge is 2.52. The zero-order valence-corrected chi connectivity index (χ0v) is 16.1. The summed E-state index contributed by atoms with van der Waals surface area (Å²) in [6.45, 7) is 7.75. The van der Waals surface area contributed by atoms with E-state index >= 15 is 0 Å². The van der Waals surface area contributed by atoms with Crippen LogP contribution in [0.2, 0.25) is 0 Å². The van der Waals surface area contributed by atoms with E-state index in [0.29, 0.717) is 5.46 Å². The standard InChI is InChI=1S/C16H21BN2O6S/c1-15(2)16(3,4)25-17(24-15)11-8-13(14(22-5)18-9-11)19-26(20,21)12-6-7-23-10-12/h6-10,19H,1-5H3. The average Bonchev–Trinajstić information content (AvgIpc) is 3.14. The van der Waals surface area contributed by atoms with Crippen molar-refractivity contribution in [3.63, 3.8) is 0 Å². The van der Waals surface area contributed by atoms with Crippen molar-refractivity contribution in [3.05, 3.63) is 30.9 Å². The van der Waals surface area contributed by atoms with Gasteiger partial charge in [0.05, 0.1) is 24.6 Å². The monoisotopic (exact) mass is 380 g/mol. The Bertz CT molecular complexity index is 879. The molecule has 0 aromatic carbocycles. The van der Waals surface area contributed by atoms with Gasteiger partial charge in [0.15, 0.2) is 0 Å². The van der Waals surface area contributed by atoms with Gasteiger partial charge in [-0.25, -0.2) is 13.4 Å². The summed E-state index contributed by atoms with van der Waals surface area (Å²) < 4.78 is 49.3. The van der Waals surface area contributed by atoms with Crippen molar-refractivity contribution < 1.29 is 26.9 Å². The minimum absolute atomic E-state index is 0.000546. The van der Waals surface area contributed by atoms with E-state index in [9.17, 15) is 8.42 Å². The molecule has 0 bridgehead atoms. The van der Waals surface area contributed by atoms with Gasteiger partial charge in [-0.05, 0) is 39.8 Å². The van der Waals surface area contributed by atoms with Crippen LogP contribution in [-0.2, 0) is 19.3 Å². The van der Waals surface area contributed by atoms with E-state index in [4.69, 9.17) is 18.5 Å². The molecule has 140 valence electrons. The molecule has 1 fully saturated rings. The first-order chi connectivity index (χ1) is 12.1. The number of furan rings is 1. The van der Waals surface area contributed by atoms with Gasteiger partial charge in [0.25, 0.3) is 10.0 Å². The Balaban J connectivity index is 1.93. The van der Waals surface area contributed by atoms with Gasteiger partial charge in [0.2, 0.25) is 5.88 Å². The number of anilines is 1. The van der Waals surface area contributed by atoms with Crippen LogP contribution in [0, 0.1) is 0 Å². The van der Waals surface area contributed by atoms with Gasteiger partial charge in [0.1, 0.15) is 16.8 Å². The summed E-state index contributed by atoms with van der Waals surface area (Å²) in [7, 11) is -3.10. The second-order valence-electron chi connectivity index (χ2n) is 6.98. The molecule has 2 aromatic heterocycles. The number of rotatable bonds is 5. The molecule has 0 radical (unpaired) electrons. The van der Waals surface area contributed by atoms with E-state index in [1.165, 1.54) is 25.6 Å². The molecule has 1 saturated heterocycles. The Kier molecular flexibility index (Phi) is 4.54. The van der Waals surface area contributed by atoms with Crippen molar-refractivity contribution in [1.82, 2.24) is 4.98 Å². The molecule has 1 aliphatic rings. The van der Waals surface area contributed by atoms with Crippen molar-refractivity contribution in [3.8, 4) is 5.88 Å². The first-order valence-corrected chi connectivity index (χ1v) is 9.49. The topological polar surface area (TPSA) is 99.9 Å². The minimum Gasteiger partial charge on any atom is -0.480 e. The summed E-state index contributed by atoms with van der Waals surface area (Å²) in [5.41, 5.74) is -0.280. The Morgan fingerprint density at radius 2 is 1.85 bits per heavy atom. The Hall–Kier alpha value is -2.04. The maximum absolute atomic E-state index is 12.5. The summed E-state index contributed by atoms with van der Waals surface area (Å²) in [6, 6.07) is 2.94. The van der Waals surface area contributed by atoms with Crippen LogP contribution in [0.4, 0.5) is 5.69 Å². The predicted molar refractivity (Wildman–Crippen MR) is 96.0 cm³/mol. The Morgan fingerprint density at radius 3 is 2.38 bits per heavy atom. The number of sulfonamides is 1. The number of hydrogen-bond donors (Lipinski definition) is 1. The zero-order valence-electron chi connectivity index (χ0n) is 15.3. The summed E-state index contributed by atoms with van der Waals surface area (Å²) >= 11 is 0. The third-order valence-electron chi connectivity index (χ3n) is 4.64. The molecule has 8 nitrogen and oxygen atoms in total. The molecule has 0 saturated carbocycles. The van der Waals surface area contributed by atoms with Crippen molar-refractivity contribution in [2.75, 3.05) is 11.8 Å². The number of methoxy groups -OCH3 is 1. The third-order valence-corrected chi connectivity index (χ3v) is 5.98. The normalized spacial score (nSPS) is 18.7. The maximum atomic E-state index is 12.5. The number of ether oxygens (including phenoxy) is 1. The maximum Gasteiger partial charge on any atom is 0.496 e. The Morgan fingerprint density at radius 1 is 1.19 bits per heavy atom. The van der Waals surface area contributed by atoms with E-state index in [-0.39, 0.29) is 16.5 Å². The highest BCUT2D eigenvalue weighted by molar-refractivity contribution is 7.92. The van der Waals surface area contributed by atoms with E-state index in [2.05, 4.69) is 9.71 Å². The molecule has 1 N–H and O–H groups in total. The molecule has 0 unspecified atom stereocenters. The van der Waals surface area contributed by atoms with Gasteiger partial charge in [-0.2, -0.15) is 0 Å². The van der Waals surface area contributed by atoms with Crippen molar-refractivity contribution in [2.45, 2.75) is 43.8 Å². The third kappa shape index (κ3) is 3.32. The fourth-order valence-corrected chi connectivity index (χ4v) is 3.39. The van der Waals surface area contributed by atoms with Crippen LogP contribution in [0.15, 0.2) is 40.2 Å². The second kappa shape index (κ2) is 6.29. The molecule has 0 amide bonds. The van der Waals surface area contributed by atoms with Gasteiger partial charge < -0.3 is 18.5 Å². The molecule has 1 aliphatic heterocycles. The van der Waals surface area contributed by atoms with Gasteiger partial charge in [-0.15, -0.1) is 0 Å². The van der Waals surface area contributed by atoms with Crippen LogP contribution in [-0.4, -0.2) is 38.8 Å². The summed E-state index contributed by atoms with van der Waals surface area (Å²) in [4.78, 5) is 4.17. The fourth-order valence-electron chi connectivity index (χ4n) is 2.42. The van der Waals surface area contributed by atoms with E-state index < -0.39 is 28.3 Å². The number of hydrogen-bond acceptors (Lipinski definition) is 7. The van der Waals surface area contributed by atoms with Crippen molar-refractivity contribution >= 4 is 28.3 Å². The molecule has 3 rings (SSSR count). The largest absolute Gasteiger partial charge is 0.496 e. The SMILES string of the molecule is COc1ncc(B2OC(C)(C)C(C)(C)O2)cc1NS(=O)(=O)c1ccoc1. The van der Waals surface area contributed by atoms with Crippen LogP contribution in [0.3, 0.4) is 0 Å². The van der Waals surface area contributed by atoms with E-state index in [0.717, 1.165) is 6.26 Å². The molecular formula is C16H21BN2O6S. The first kappa shape index (κ1) is 18.7. The van der Waals surface area contributed by atoms with E-state index in [1.807, 2.05) is 27.7 Å². The van der Waals surface area contributed by atoms with Crippen LogP contribution in [0.25, 0.3) is 0 Å². The fraction of sp³-hybridized carbons (Fsp3) is 0.438. The lowest BCUT2D eigenvalue weighted by Gasteiger charge is -2.32. The van der Waals surface area contributed by atoms with Crippen LogP contribution >= 0.6 is 0 Å². The molecular weight excluding hydrogens is 359 g/mol. The Labute approximate surface area is 153 Å². The lowest BCUT2D eigenvalue weighted by atomic mass is 9.80. The van der Waals surface area contributed by atoms with Gasteiger partial charge in [0, 0.05) is 11.7 Å². The highest BCUT2D eigenvalue weighted by atomic mass is 32.2. The number of pyridine rings is 1. The predicted octanol–water partition coefficient (Wildman–Crippen LogP) is 1.78. The van der Waals surface area contributed by atoms with Gasteiger partial charge in [-0.3, -0.25) is 4.72 Å². The number of nitrogens with one attached hydrogen (secondary N) is 1. The summed E-state index contributed by atoms with van der Waals surface area (Å²) in [6.07, 6.45) is 3.96. The van der Waals surface area contributed by atoms with Crippen molar-refractivity contribution in [2.24, 2.45) is 0 Å². The molecule has 10 heteroatoms. The minimum atomic E-state index is -3.83. The van der Waals surface area contributed by atoms with E-state index in [1.54, 1.807) is 6.07 Å². The second-order valence-corrected chi connectivity index (χ2v) is 8.66. The zero-order chi connectivity index (χ0) is 19.2. The molecule has 26 heavy (non-hydrogen) atoms. The summed E-state index contributed by atoms with van der Waals surface area (Å²) in [5.74, 6) is 0.136. The highest BCUT2D eigenvalue weighted by Crippen LogP contribution is 2.37. The van der Waals surface area contributed by atoms with Gasteiger partial charge in [-0.1, -0.05) is 0 Å². The first-order valence-electron chi connectivity index (χ1n) is 8.00. The smallest absolute Gasteiger partial charge is 0.480 e. The number of aromatic nitrogens is 1. The quantitative estimate of drug-likeness (QED) is 0.790.